The molecule has 0 radical (unpaired) electrons. The first kappa shape index (κ1) is 17.7. The van der Waals surface area contributed by atoms with E-state index in [-0.39, 0.29) is 35.4 Å². The van der Waals surface area contributed by atoms with E-state index in [0.29, 0.717) is 5.56 Å². The molecule has 0 saturated carbocycles. The van der Waals surface area contributed by atoms with Crippen molar-refractivity contribution in [2.75, 3.05) is 5.32 Å². The van der Waals surface area contributed by atoms with Crippen molar-refractivity contribution in [2.24, 2.45) is 0 Å². The molecular formula is C18H16F2N2O4. The summed E-state index contributed by atoms with van der Waals surface area (Å²) in [5, 5.41) is 5.29. The van der Waals surface area contributed by atoms with E-state index in [4.69, 9.17) is 0 Å². The number of ether oxygens (including phenoxy) is 2. The van der Waals surface area contributed by atoms with Gasteiger partial charge in [0.25, 0.3) is 5.91 Å². The van der Waals surface area contributed by atoms with E-state index in [9.17, 15) is 18.4 Å². The van der Waals surface area contributed by atoms with Crippen LogP contribution in [0.15, 0.2) is 48.5 Å². The highest BCUT2D eigenvalue weighted by Crippen LogP contribution is 2.42. The van der Waals surface area contributed by atoms with Crippen LogP contribution in [0.1, 0.15) is 23.7 Å². The number of fused-ring (bicyclic) bond motifs is 1. The first-order valence-electron chi connectivity index (χ1n) is 7.88. The van der Waals surface area contributed by atoms with Crippen LogP contribution in [0.5, 0.6) is 11.5 Å². The molecule has 0 spiro atoms. The maximum atomic E-state index is 13.0. The molecule has 1 aliphatic heterocycles. The lowest BCUT2D eigenvalue weighted by atomic mass is 10.1. The van der Waals surface area contributed by atoms with Gasteiger partial charge in [0, 0.05) is 29.8 Å². The van der Waals surface area contributed by atoms with Gasteiger partial charge in [-0.05, 0) is 31.2 Å². The van der Waals surface area contributed by atoms with Crippen LogP contribution < -0.4 is 20.1 Å². The maximum Gasteiger partial charge on any atom is 0.586 e. The third kappa shape index (κ3) is 4.27. The van der Waals surface area contributed by atoms with Gasteiger partial charge in [-0.3, -0.25) is 9.59 Å². The standard InChI is InChI=1S/C18H16F2N2O4/c1-11(21-17(24)12-5-3-2-4-6-12)9-16(23)22-13-7-8-14-15(10-13)26-18(19,20)25-14/h2-8,10-11H,9H2,1H3,(H,21,24)(H,22,23)/t11-/m1/s1. The Balaban J connectivity index is 1.54. The van der Waals surface area contributed by atoms with Gasteiger partial charge in [-0.2, -0.15) is 0 Å². The molecule has 0 saturated heterocycles. The van der Waals surface area contributed by atoms with Crippen molar-refractivity contribution in [1.82, 2.24) is 5.32 Å². The molecular weight excluding hydrogens is 346 g/mol. The molecule has 2 aromatic carbocycles. The Hall–Kier alpha value is -3.16. The number of alkyl halides is 2. The molecule has 1 heterocycles. The number of hydrogen-bond donors (Lipinski definition) is 2. The fourth-order valence-electron chi connectivity index (χ4n) is 2.46. The predicted octanol–water partition coefficient (Wildman–Crippen LogP) is 3.16. The van der Waals surface area contributed by atoms with E-state index < -0.39 is 12.3 Å². The zero-order valence-corrected chi connectivity index (χ0v) is 13.8. The largest absolute Gasteiger partial charge is 0.586 e. The highest BCUT2D eigenvalue weighted by molar-refractivity contribution is 5.95. The smallest absolute Gasteiger partial charge is 0.395 e. The average Bonchev–Trinajstić information content (AvgIpc) is 2.88. The summed E-state index contributed by atoms with van der Waals surface area (Å²) >= 11 is 0. The number of halogens is 2. The van der Waals surface area contributed by atoms with Gasteiger partial charge in [0.15, 0.2) is 11.5 Å². The van der Waals surface area contributed by atoms with Gasteiger partial charge in [-0.1, -0.05) is 18.2 Å². The van der Waals surface area contributed by atoms with Crippen molar-refractivity contribution in [3.63, 3.8) is 0 Å². The molecule has 1 aliphatic rings. The van der Waals surface area contributed by atoms with E-state index in [0.717, 1.165) is 0 Å². The van der Waals surface area contributed by atoms with Gasteiger partial charge in [0.1, 0.15) is 0 Å². The SMILES string of the molecule is C[C@H](CC(=O)Nc1ccc2c(c1)OC(F)(F)O2)NC(=O)c1ccccc1. The highest BCUT2D eigenvalue weighted by Gasteiger charge is 2.43. The van der Waals surface area contributed by atoms with E-state index in [1.54, 1.807) is 37.3 Å². The number of amides is 2. The number of benzene rings is 2. The molecule has 0 unspecified atom stereocenters. The van der Waals surface area contributed by atoms with Crippen LogP contribution in [0.3, 0.4) is 0 Å². The summed E-state index contributed by atoms with van der Waals surface area (Å²) in [6.45, 7) is 1.70. The summed E-state index contributed by atoms with van der Waals surface area (Å²) in [6.07, 6.45) is -3.69. The van der Waals surface area contributed by atoms with Crippen LogP contribution in [0.25, 0.3) is 0 Å². The average molecular weight is 362 g/mol. The first-order valence-corrected chi connectivity index (χ1v) is 7.88. The molecule has 0 bridgehead atoms. The normalized spacial score (nSPS) is 15.2. The zero-order chi connectivity index (χ0) is 18.7. The number of carbonyl (C=O) groups excluding carboxylic acids is 2. The molecule has 26 heavy (non-hydrogen) atoms. The van der Waals surface area contributed by atoms with Crippen LogP contribution in [0.4, 0.5) is 14.5 Å². The van der Waals surface area contributed by atoms with Crippen molar-refractivity contribution in [1.29, 1.82) is 0 Å². The van der Waals surface area contributed by atoms with Gasteiger partial charge in [-0.15, -0.1) is 8.78 Å². The molecule has 0 aromatic heterocycles. The Morgan fingerprint density at radius 2 is 1.77 bits per heavy atom. The van der Waals surface area contributed by atoms with E-state index >= 15 is 0 Å². The minimum Gasteiger partial charge on any atom is -0.395 e. The van der Waals surface area contributed by atoms with Crippen LogP contribution in [0.2, 0.25) is 0 Å². The minimum absolute atomic E-state index is 0.0170. The molecule has 1 atom stereocenters. The second-order valence-corrected chi connectivity index (χ2v) is 5.82. The van der Waals surface area contributed by atoms with Crippen LogP contribution in [0, 0.1) is 0 Å². The van der Waals surface area contributed by atoms with Gasteiger partial charge in [-0.25, -0.2) is 0 Å². The maximum absolute atomic E-state index is 13.0. The Morgan fingerprint density at radius 3 is 2.50 bits per heavy atom. The van der Waals surface area contributed by atoms with Crippen LogP contribution >= 0.6 is 0 Å². The zero-order valence-electron chi connectivity index (χ0n) is 13.8. The van der Waals surface area contributed by atoms with Crippen LogP contribution in [-0.4, -0.2) is 24.2 Å². The van der Waals surface area contributed by atoms with Crippen molar-refractivity contribution >= 4 is 17.5 Å². The fraction of sp³-hybridized carbons (Fsp3) is 0.222. The molecule has 136 valence electrons. The van der Waals surface area contributed by atoms with E-state index in [2.05, 4.69) is 20.1 Å². The van der Waals surface area contributed by atoms with Crippen molar-refractivity contribution in [2.45, 2.75) is 25.7 Å². The predicted molar refractivity (Wildman–Crippen MR) is 89.3 cm³/mol. The van der Waals surface area contributed by atoms with Crippen LogP contribution in [-0.2, 0) is 4.79 Å². The second kappa shape index (κ2) is 6.99. The molecule has 2 amide bonds. The number of anilines is 1. The summed E-state index contributed by atoms with van der Waals surface area (Å²) in [7, 11) is 0. The van der Waals surface area contributed by atoms with Crippen molar-refractivity contribution in [3.8, 4) is 11.5 Å². The third-order valence-corrected chi connectivity index (χ3v) is 3.59. The van der Waals surface area contributed by atoms with Crippen molar-refractivity contribution < 1.29 is 27.8 Å². The second-order valence-electron chi connectivity index (χ2n) is 5.82. The number of hydrogen-bond acceptors (Lipinski definition) is 4. The van der Waals surface area contributed by atoms with Gasteiger partial charge >= 0.3 is 6.29 Å². The molecule has 2 aromatic rings. The Labute approximate surface area is 148 Å². The number of rotatable bonds is 5. The monoisotopic (exact) mass is 362 g/mol. The lowest BCUT2D eigenvalue weighted by Crippen LogP contribution is -2.35. The summed E-state index contributed by atoms with van der Waals surface area (Å²) in [5.41, 5.74) is 0.785. The molecule has 8 heteroatoms. The fourth-order valence-corrected chi connectivity index (χ4v) is 2.46. The summed E-state index contributed by atoms with van der Waals surface area (Å²) in [5.74, 6) is -0.914. The van der Waals surface area contributed by atoms with Crippen molar-refractivity contribution in [3.05, 3.63) is 54.1 Å². The molecule has 6 nitrogen and oxygen atoms in total. The summed E-state index contributed by atoms with van der Waals surface area (Å²) in [4.78, 5) is 24.1. The molecule has 3 rings (SSSR count). The molecule has 2 N–H and O–H groups in total. The highest BCUT2D eigenvalue weighted by atomic mass is 19.3. The topological polar surface area (TPSA) is 76.7 Å². The Morgan fingerprint density at radius 1 is 1.08 bits per heavy atom. The number of nitrogens with one attached hydrogen (secondary N) is 2. The van der Waals surface area contributed by atoms with E-state index in [1.165, 1.54) is 18.2 Å². The molecule has 0 fully saturated rings. The van der Waals surface area contributed by atoms with Gasteiger partial charge < -0.3 is 20.1 Å². The lowest BCUT2D eigenvalue weighted by molar-refractivity contribution is -0.286. The van der Waals surface area contributed by atoms with Gasteiger partial charge in [0.2, 0.25) is 5.91 Å². The summed E-state index contributed by atoms with van der Waals surface area (Å²) in [6, 6.07) is 12.2. The first-order chi connectivity index (χ1) is 12.3. The Bertz CT molecular complexity index is 827. The lowest BCUT2D eigenvalue weighted by Gasteiger charge is -2.14. The molecule has 0 aliphatic carbocycles. The minimum atomic E-state index is -3.71. The summed E-state index contributed by atoms with van der Waals surface area (Å²) < 4.78 is 34.6. The Kier molecular flexibility index (Phi) is 4.75. The van der Waals surface area contributed by atoms with Gasteiger partial charge in [0.05, 0.1) is 0 Å². The van der Waals surface area contributed by atoms with E-state index in [1.807, 2.05) is 0 Å². The number of carbonyl (C=O) groups is 2. The third-order valence-electron chi connectivity index (χ3n) is 3.59. The quantitative estimate of drug-likeness (QED) is 0.857.